The molecule has 1 aliphatic heterocycles. The Morgan fingerprint density at radius 1 is 1.63 bits per heavy atom. The van der Waals surface area contributed by atoms with Gasteiger partial charge in [-0.2, -0.15) is 4.99 Å². The van der Waals surface area contributed by atoms with Crippen LogP contribution in [0, 0.1) is 24.2 Å². The van der Waals surface area contributed by atoms with E-state index in [0.717, 1.165) is 19.3 Å². The predicted octanol–water partition coefficient (Wildman–Crippen LogP) is 2.39. The first-order chi connectivity index (χ1) is 8.99. The Bertz CT molecular complexity index is 435. The number of terminal acetylenes is 1. The van der Waals surface area contributed by atoms with E-state index in [1.165, 1.54) is 12.8 Å². The molecule has 2 rings (SSSR count). The van der Waals surface area contributed by atoms with Crippen LogP contribution < -0.4 is 5.73 Å². The summed E-state index contributed by atoms with van der Waals surface area (Å²) in [5, 5.41) is 0. The molecular weight excluding hydrogens is 238 g/mol. The minimum Gasteiger partial charge on any atom is -0.385 e. The van der Waals surface area contributed by atoms with Gasteiger partial charge in [0.1, 0.15) is 11.4 Å². The van der Waals surface area contributed by atoms with Crippen LogP contribution in [0.3, 0.4) is 0 Å². The third-order valence-corrected chi connectivity index (χ3v) is 4.32. The first-order valence-corrected chi connectivity index (χ1v) is 7.09. The molecule has 1 saturated carbocycles. The van der Waals surface area contributed by atoms with Gasteiger partial charge in [-0.1, -0.05) is 32.6 Å². The van der Waals surface area contributed by atoms with Crippen LogP contribution in [-0.4, -0.2) is 28.9 Å². The minimum atomic E-state index is -0.402. The summed E-state index contributed by atoms with van der Waals surface area (Å²) in [5.41, 5.74) is 5.67. The van der Waals surface area contributed by atoms with Gasteiger partial charge >= 0.3 is 6.03 Å². The van der Waals surface area contributed by atoms with Gasteiger partial charge in [-0.05, 0) is 31.1 Å². The first kappa shape index (κ1) is 13.9. The quantitative estimate of drug-likeness (QED) is 0.793. The van der Waals surface area contributed by atoms with Crippen LogP contribution in [0.2, 0.25) is 0 Å². The predicted molar refractivity (Wildman–Crippen MR) is 76.7 cm³/mol. The van der Waals surface area contributed by atoms with Crippen molar-refractivity contribution in [1.29, 1.82) is 0 Å². The van der Waals surface area contributed by atoms with Crippen molar-refractivity contribution in [2.24, 2.45) is 22.6 Å². The van der Waals surface area contributed by atoms with Gasteiger partial charge in [0, 0.05) is 0 Å². The second-order valence-corrected chi connectivity index (χ2v) is 6.19. The number of hydrogen-bond donors (Lipinski definition) is 1. The van der Waals surface area contributed by atoms with E-state index in [1.54, 1.807) is 4.90 Å². The number of carbonyl (C=O) groups is 1. The summed E-state index contributed by atoms with van der Waals surface area (Å²) in [7, 11) is 0. The number of nitrogens with two attached hydrogens (primary N) is 1. The Hall–Kier alpha value is -1.50. The lowest BCUT2D eigenvalue weighted by molar-refractivity contribution is 0.123. The molecule has 1 aliphatic carbocycles. The van der Waals surface area contributed by atoms with Gasteiger partial charge in [-0.15, -0.1) is 6.42 Å². The van der Waals surface area contributed by atoms with Crippen LogP contribution >= 0.6 is 0 Å². The fourth-order valence-corrected chi connectivity index (χ4v) is 3.61. The third kappa shape index (κ3) is 2.47. The van der Waals surface area contributed by atoms with Crippen molar-refractivity contribution in [3.8, 4) is 12.3 Å². The standard InChI is InChI=1S/C15H23N3O/c1-4-8-18-14(19)17-13(16)15(18)7-5-6-12(10-15)9-11(2)3/h1,11-12H,5-10H2,2-3H3,(H2,16,17,19). The van der Waals surface area contributed by atoms with E-state index in [0.29, 0.717) is 24.2 Å². The summed E-state index contributed by atoms with van der Waals surface area (Å²) in [6.45, 7) is 4.77. The van der Waals surface area contributed by atoms with E-state index >= 15 is 0 Å². The van der Waals surface area contributed by atoms with E-state index in [4.69, 9.17) is 12.2 Å². The van der Waals surface area contributed by atoms with Crippen LogP contribution in [0.25, 0.3) is 0 Å². The molecule has 19 heavy (non-hydrogen) atoms. The summed E-state index contributed by atoms with van der Waals surface area (Å²) in [6.07, 6.45) is 10.7. The maximum Gasteiger partial charge on any atom is 0.346 e. The van der Waals surface area contributed by atoms with Gasteiger partial charge in [0.05, 0.1) is 6.54 Å². The molecule has 2 atom stereocenters. The fourth-order valence-electron chi connectivity index (χ4n) is 3.61. The van der Waals surface area contributed by atoms with Crippen LogP contribution in [-0.2, 0) is 0 Å². The van der Waals surface area contributed by atoms with E-state index in [9.17, 15) is 4.79 Å². The van der Waals surface area contributed by atoms with Crippen LogP contribution in [0.4, 0.5) is 4.79 Å². The molecule has 0 saturated heterocycles. The molecule has 0 aromatic heterocycles. The lowest BCUT2D eigenvalue weighted by atomic mass is 9.72. The minimum absolute atomic E-state index is 0.263. The monoisotopic (exact) mass is 261 g/mol. The third-order valence-electron chi connectivity index (χ3n) is 4.32. The maximum atomic E-state index is 11.9. The number of aliphatic imine (C=N–C) groups is 1. The zero-order valence-electron chi connectivity index (χ0n) is 11.9. The average Bonchev–Trinajstić information content (AvgIpc) is 2.54. The molecule has 0 bridgehead atoms. The summed E-state index contributed by atoms with van der Waals surface area (Å²) in [4.78, 5) is 17.6. The normalized spacial score (nSPS) is 30.8. The number of rotatable bonds is 3. The largest absolute Gasteiger partial charge is 0.385 e. The second kappa shape index (κ2) is 5.24. The van der Waals surface area contributed by atoms with Crippen molar-refractivity contribution in [1.82, 2.24) is 4.90 Å². The highest BCUT2D eigenvalue weighted by molar-refractivity contribution is 6.06. The van der Waals surface area contributed by atoms with Gasteiger partial charge in [-0.25, -0.2) is 4.79 Å². The van der Waals surface area contributed by atoms with Gasteiger partial charge in [-0.3, -0.25) is 4.90 Å². The molecule has 104 valence electrons. The molecule has 2 N–H and O–H groups in total. The summed E-state index contributed by atoms with van der Waals surface area (Å²) >= 11 is 0. The summed E-state index contributed by atoms with van der Waals surface area (Å²) < 4.78 is 0. The maximum absolute atomic E-state index is 11.9. The van der Waals surface area contributed by atoms with E-state index in [-0.39, 0.29) is 6.03 Å². The molecule has 2 aliphatic rings. The molecule has 0 aromatic carbocycles. The average molecular weight is 261 g/mol. The molecule has 1 spiro atoms. The van der Waals surface area contributed by atoms with Crippen molar-refractivity contribution in [3.05, 3.63) is 0 Å². The number of amidine groups is 1. The van der Waals surface area contributed by atoms with Crippen molar-refractivity contribution in [2.75, 3.05) is 6.54 Å². The Morgan fingerprint density at radius 3 is 3.00 bits per heavy atom. The fraction of sp³-hybridized carbons (Fsp3) is 0.733. The van der Waals surface area contributed by atoms with Crippen molar-refractivity contribution < 1.29 is 4.79 Å². The second-order valence-electron chi connectivity index (χ2n) is 6.19. The van der Waals surface area contributed by atoms with Gasteiger partial charge in [0.2, 0.25) is 0 Å². The molecule has 1 fully saturated rings. The highest BCUT2D eigenvalue weighted by Crippen LogP contribution is 2.42. The van der Waals surface area contributed by atoms with Crippen molar-refractivity contribution in [3.63, 3.8) is 0 Å². The Labute approximate surface area is 115 Å². The Kier molecular flexibility index (Phi) is 3.84. The van der Waals surface area contributed by atoms with Crippen LogP contribution in [0.15, 0.2) is 4.99 Å². The molecule has 0 aromatic rings. The topological polar surface area (TPSA) is 58.7 Å². The highest BCUT2D eigenvalue weighted by atomic mass is 16.2. The van der Waals surface area contributed by atoms with E-state index in [2.05, 4.69) is 24.8 Å². The number of carbonyl (C=O) groups excluding carboxylic acids is 1. The van der Waals surface area contributed by atoms with E-state index < -0.39 is 5.54 Å². The Balaban J connectivity index is 2.22. The van der Waals surface area contributed by atoms with Crippen LogP contribution in [0.5, 0.6) is 0 Å². The number of amides is 2. The lowest BCUT2D eigenvalue weighted by Crippen LogP contribution is -2.56. The van der Waals surface area contributed by atoms with Crippen molar-refractivity contribution >= 4 is 11.9 Å². The van der Waals surface area contributed by atoms with Gasteiger partial charge in [0.25, 0.3) is 0 Å². The van der Waals surface area contributed by atoms with Crippen LogP contribution in [0.1, 0.15) is 46.0 Å². The molecule has 1 heterocycles. The number of hydrogen-bond acceptors (Lipinski definition) is 2. The molecular formula is C15H23N3O. The molecule has 0 radical (unpaired) electrons. The Morgan fingerprint density at radius 2 is 2.37 bits per heavy atom. The zero-order valence-corrected chi connectivity index (χ0v) is 11.9. The molecule has 4 nitrogen and oxygen atoms in total. The number of urea groups is 1. The zero-order chi connectivity index (χ0) is 14.0. The van der Waals surface area contributed by atoms with Crippen molar-refractivity contribution in [2.45, 2.75) is 51.5 Å². The highest BCUT2D eigenvalue weighted by Gasteiger charge is 2.50. The number of nitrogens with zero attached hydrogens (tertiary/aromatic N) is 2. The smallest absolute Gasteiger partial charge is 0.346 e. The summed E-state index contributed by atoms with van der Waals surface area (Å²) in [6, 6.07) is -0.263. The van der Waals surface area contributed by atoms with Gasteiger partial charge < -0.3 is 5.73 Å². The molecule has 2 unspecified atom stereocenters. The lowest BCUT2D eigenvalue weighted by Gasteiger charge is -2.43. The first-order valence-electron chi connectivity index (χ1n) is 7.09. The molecule has 4 heteroatoms. The summed E-state index contributed by atoms with van der Waals surface area (Å²) in [5.74, 6) is 4.31. The molecule has 2 amide bonds. The van der Waals surface area contributed by atoms with Gasteiger partial charge in [0.15, 0.2) is 0 Å². The SMILES string of the molecule is C#CCN1C(=O)N=C(N)C12CCCC(CC(C)C)C2. The van der Waals surface area contributed by atoms with E-state index in [1.807, 2.05) is 0 Å².